The van der Waals surface area contributed by atoms with Crippen LogP contribution in [0, 0.1) is 5.92 Å². The van der Waals surface area contributed by atoms with Crippen molar-refractivity contribution in [2.24, 2.45) is 5.92 Å². The predicted octanol–water partition coefficient (Wildman–Crippen LogP) is 3.59. The van der Waals surface area contributed by atoms with Gasteiger partial charge in [-0.2, -0.15) is 0 Å². The topological polar surface area (TPSA) is 46.9 Å². The van der Waals surface area contributed by atoms with Gasteiger partial charge in [0.15, 0.2) is 0 Å². The highest BCUT2D eigenvalue weighted by molar-refractivity contribution is 5.93. The lowest BCUT2D eigenvalue weighted by molar-refractivity contribution is 0.0914. The Morgan fingerprint density at radius 2 is 1.95 bits per heavy atom. The molecule has 0 saturated heterocycles. The third kappa shape index (κ3) is 3.51. The molecule has 2 heterocycles. The summed E-state index contributed by atoms with van der Waals surface area (Å²) in [5.41, 5.74) is 1.73. The molecule has 0 aliphatic rings. The Morgan fingerprint density at radius 1 is 1.19 bits per heavy atom. The number of carbonyl (C=O) groups excluding carboxylic acids is 1. The van der Waals surface area contributed by atoms with E-state index in [1.54, 1.807) is 6.20 Å². The molecule has 21 heavy (non-hydrogen) atoms. The maximum atomic E-state index is 12.6. The van der Waals surface area contributed by atoms with Crippen molar-refractivity contribution in [2.75, 3.05) is 0 Å². The van der Waals surface area contributed by atoms with Gasteiger partial charge in [-0.1, -0.05) is 19.9 Å². The van der Waals surface area contributed by atoms with Crippen LogP contribution >= 0.6 is 0 Å². The van der Waals surface area contributed by atoms with Crippen LogP contribution in [0.5, 0.6) is 0 Å². The highest BCUT2D eigenvalue weighted by Gasteiger charge is 2.21. The Balaban J connectivity index is 2.21. The molecule has 2 aromatic heterocycles. The Bertz CT molecular complexity index is 587. The second kappa shape index (κ2) is 6.57. The average Bonchev–Trinajstić information content (AvgIpc) is 2.94. The van der Waals surface area contributed by atoms with Crippen molar-refractivity contribution in [1.29, 1.82) is 0 Å². The molecule has 0 aromatic carbocycles. The van der Waals surface area contributed by atoms with E-state index in [1.165, 1.54) is 0 Å². The van der Waals surface area contributed by atoms with Crippen molar-refractivity contribution in [1.82, 2.24) is 14.9 Å². The van der Waals surface area contributed by atoms with Crippen molar-refractivity contribution in [2.45, 2.75) is 39.8 Å². The summed E-state index contributed by atoms with van der Waals surface area (Å²) < 4.78 is 1.98. The van der Waals surface area contributed by atoms with E-state index in [-0.39, 0.29) is 18.0 Å². The lowest BCUT2D eigenvalue weighted by Gasteiger charge is -2.23. The molecule has 1 amide bonds. The van der Waals surface area contributed by atoms with Gasteiger partial charge in [0.25, 0.3) is 5.91 Å². The number of aromatic nitrogens is 2. The van der Waals surface area contributed by atoms with Crippen LogP contribution in [-0.4, -0.2) is 15.5 Å². The summed E-state index contributed by atoms with van der Waals surface area (Å²) in [5.74, 6) is 0.247. The molecular formula is C17H23N3O. The summed E-state index contributed by atoms with van der Waals surface area (Å²) in [7, 11) is 0. The van der Waals surface area contributed by atoms with Gasteiger partial charge in [0, 0.05) is 24.6 Å². The summed E-state index contributed by atoms with van der Waals surface area (Å²) in [6, 6.07) is 7.88. The predicted molar refractivity (Wildman–Crippen MR) is 84.1 cm³/mol. The van der Waals surface area contributed by atoms with E-state index in [2.05, 4.69) is 38.0 Å². The molecule has 0 aliphatic heterocycles. The van der Waals surface area contributed by atoms with Crippen LogP contribution in [0.1, 0.15) is 55.8 Å². The zero-order chi connectivity index (χ0) is 15.4. The lowest BCUT2D eigenvalue weighted by Crippen LogP contribution is -2.33. The van der Waals surface area contributed by atoms with E-state index in [9.17, 15) is 4.79 Å². The lowest BCUT2D eigenvalue weighted by atomic mass is 9.97. The SMILES string of the molecule is CC(C)C(NC(=O)c1cccn1C(C)C)c1cccnc1. The maximum Gasteiger partial charge on any atom is 0.268 e. The third-order valence-corrected chi connectivity index (χ3v) is 3.56. The van der Waals surface area contributed by atoms with Crippen LogP contribution in [0.15, 0.2) is 42.9 Å². The average molecular weight is 285 g/mol. The highest BCUT2D eigenvalue weighted by atomic mass is 16.2. The van der Waals surface area contributed by atoms with Crippen LogP contribution in [0.25, 0.3) is 0 Å². The van der Waals surface area contributed by atoms with Crippen molar-refractivity contribution in [3.8, 4) is 0 Å². The Morgan fingerprint density at radius 3 is 2.52 bits per heavy atom. The summed E-state index contributed by atoms with van der Waals surface area (Å²) in [4.78, 5) is 16.7. The van der Waals surface area contributed by atoms with Crippen molar-refractivity contribution >= 4 is 5.91 Å². The fourth-order valence-corrected chi connectivity index (χ4v) is 2.45. The molecule has 1 unspecified atom stereocenters. The van der Waals surface area contributed by atoms with Crippen LogP contribution in [0.3, 0.4) is 0 Å². The summed E-state index contributed by atoms with van der Waals surface area (Å²) in [6.45, 7) is 8.33. The van der Waals surface area contributed by atoms with Gasteiger partial charge in [-0.15, -0.1) is 0 Å². The number of rotatable bonds is 5. The molecule has 4 heteroatoms. The first kappa shape index (κ1) is 15.3. The zero-order valence-corrected chi connectivity index (χ0v) is 13.1. The molecular weight excluding hydrogens is 262 g/mol. The van der Waals surface area contributed by atoms with Gasteiger partial charge in [0.2, 0.25) is 0 Å². The highest BCUT2D eigenvalue weighted by Crippen LogP contribution is 2.21. The fraction of sp³-hybridized carbons (Fsp3) is 0.412. The van der Waals surface area contributed by atoms with Crippen LogP contribution < -0.4 is 5.32 Å². The standard InChI is InChI=1S/C17H23N3O/c1-12(2)16(14-7-5-9-18-11-14)19-17(21)15-8-6-10-20(15)13(3)4/h5-13,16H,1-4H3,(H,19,21). The first-order valence-electron chi connectivity index (χ1n) is 7.38. The van der Waals surface area contributed by atoms with Gasteiger partial charge in [0.05, 0.1) is 6.04 Å². The smallest absolute Gasteiger partial charge is 0.268 e. The van der Waals surface area contributed by atoms with Crippen LogP contribution in [0.4, 0.5) is 0 Å². The summed E-state index contributed by atoms with van der Waals surface area (Å²) in [6.07, 6.45) is 5.49. The minimum atomic E-state index is -0.0451. The van der Waals surface area contributed by atoms with Gasteiger partial charge in [-0.25, -0.2) is 0 Å². The number of hydrogen-bond acceptors (Lipinski definition) is 2. The minimum Gasteiger partial charge on any atom is -0.344 e. The van der Waals surface area contributed by atoms with E-state index < -0.39 is 0 Å². The number of pyridine rings is 1. The number of carbonyl (C=O) groups is 1. The second-order valence-corrected chi connectivity index (χ2v) is 5.88. The molecule has 0 saturated carbocycles. The fourth-order valence-electron chi connectivity index (χ4n) is 2.45. The van der Waals surface area contributed by atoms with Crippen LogP contribution in [-0.2, 0) is 0 Å². The summed E-state index contributed by atoms with van der Waals surface area (Å²) >= 11 is 0. The van der Waals surface area contributed by atoms with Crippen LogP contribution in [0.2, 0.25) is 0 Å². The number of amides is 1. The molecule has 1 atom stereocenters. The quantitative estimate of drug-likeness (QED) is 0.912. The first-order chi connectivity index (χ1) is 10.0. The molecule has 0 spiro atoms. The Hall–Kier alpha value is -2.10. The van der Waals surface area contributed by atoms with E-state index in [1.807, 2.05) is 41.2 Å². The molecule has 1 N–H and O–H groups in total. The van der Waals surface area contributed by atoms with Gasteiger partial charge >= 0.3 is 0 Å². The minimum absolute atomic E-state index is 0.0401. The van der Waals surface area contributed by atoms with Gasteiger partial charge in [0.1, 0.15) is 5.69 Å². The summed E-state index contributed by atoms with van der Waals surface area (Å²) in [5, 5.41) is 3.13. The molecule has 112 valence electrons. The molecule has 0 fully saturated rings. The van der Waals surface area contributed by atoms with E-state index in [4.69, 9.17) is 0 Å². The molecule has 0 radical (unpaired) electrons. The first-order valence-corrected chi connectivity index (χ1v) is 7.38. The number of hydrogen-bond donors (Lipinski definition) is 1. The molecule has 2 rings (SSSR count). The maximum absolute atomic E-state index is 12.6. The van der Waals surface area contributed by atoms with Gasteiger partial charge < -0.3 is 9.88 Å². The Kier molecular flexibility index (Phi) is 4.78. The third-order valence-electron chi connectivity index (χ3n) is 3.56. The van der Waals surface area contributed by atoms with Gasteiger partial charge in [-0.3, -0.25) is 9.78 Å². The zero-order valence-electron chi connectivity index (χ0n) is 13.1. The van der Waals surface area contributed by atoms with Crippen molar-refractivity contribution in [3.63, 3.8) is 0 Å². The normalized spacial score (nSPS) is 12.7. The molecule has 0 aliphatic carbocycles. The number of nitrogens with one attached hydrogen (secondary N) is 1. The van der Waals surface area contributed by atoms with Crippen molar-refractivity contribution < 1.29 is 4.79 Å². The second-order valence-electron chi connectivity index (χ2n) is 5.88. The van der Waals surface area contributed by atoms with E-state index in [0.717, 1.165) is 5.56 Å². The largest absolute Gasteiger partial charge is 0.344 e. The Labute approximate surface area is 126 Å². The molecule has 0 bridgehead atoms. The van der Waals surface area contributed by atoms with E-state index in [0.29, 0.717) is 11.6 Å². The molecule has 4 nitrogen and oxygen atoms in total. The number of nitrogens with zero attached hydrogens (tertiary/aromatic N) is 2. The van der Waals surface area contributed by atoms with E-state index >= 15 is 0 Å². The van der Waals surface area contributed by atoms with Crippen molar-refractivity contribution in [3.05, 3.63) is 54.1 Å². The monoisotopic (exact) mass is 285 g/mol. The van der Waals surface area contributed by atoms with Gasteiger partial charge in [-0.05, 0) is 43.5 Å². The molecule has 2 aromatic rings.